The Morgan fingerprint density at radius 1 is 1.27 bits per heavy atom. The van der Waals surface area contributed by atoms with Gasteiger partial charge in [-0.25, -0.2) is 0 Å². The number of nitrogens with zero attached hydrogens (tertiary/aromatic N) is 1. The van der Waals surface area contributed by atoms with Crippen LogP contribution in [-0.2, 0) is 9.53 Å². The van der Waals surface area contributed by atoms with Gasteiger partial charge in [0.05, 0.1) is 0 Å². The van der Waals surface area contributed by atoms with E-state index in [2.05, 4.69) is 32.6 Å². The molecule has 0 radical (unpaired) electrons. The fourth-order valence-corrected chi connectivity index (χ4v) is 1.31. The van der Waals surface area contributed by atoms with Crippen LogP contribution < -0.4 is 0 Å². The quantitative estimate of drug-likeness (QED) is 0.582. The van der Waals surface area contributed by atoms with Crippen molar-refractivity contribution in [2.45, 2.75) is 40.5 Å². The Bertz CT molecular complexity index is 165. The minimum Gasteiger partial charge on any atom is -0.464 e. The molecule has 0 aromatic carbocycles. The zero-order valence-electron chi connectivity index (χ0n) is 10.6. The number of hydrogen-bond donors (Lipinski definition) is 0. The summed E-state index contributed by atoms with van der Waals surface area (Å²) in [6, 6.07) is 0. The first kappa shape index (κ1) is 14.4. The number of carbonyl (C=O) groups excluding carboxylic acids is 1. The Hall–Kier alpha value is -0.570. The third-order valence-electron chi connectivity index (χ3n) is 2.49. The molecule has 0 aromatic heterocycles. The van der Waals surface area contributed by atoms with Gasteiger partial charge in [-0.05, 0) is 25.4 Å². The van der Waals surface area contributed by atoms with Crippen molar-refractivity contribution < 1.29 is 9.53 Å². The molecular formula is C12H25NO2. The second-order valence-corrected chi connectivity index (χ2v) is 4.18. The molecule has 0 heterocycles. The standard InChI is InChI=1S/C12H25NO2/c1-5-13(6-2)9-10-15-12(14)8-7-11(3)4/h11H,5-10H2,1-4H3. The second kappa shape index (κ2) is 8.72. The minimum atomic E-state index is -0.0594. The Morgan fingerprint density at radius 2 is 1.87 bits per heavy atom. The van der Waals surface area contributed by atoms with Crippen molar-refractivity contribution in [1.29, 1.82) is 0 Å². The lowest BCUT2D eigenvalue weighted by Crippen LogP contribution is -2.27. The highest BCUT2D eigenvalue weighted by Gasteiger charge is 2.05. The first-order valence-electron chi connectivity index (χ1n) is 5.98. The molecule has 0 saturated heterocycles. The zero-order chi connectivity index (χ0) is 11.7. The highest BCUT2D eigenvalue weighted by Crippen LogP contribution is 2.04. The fourth-order valence-electron chi connectivity index (χ4n) is 1.31. The Morgan fingerprint density at radius 3 is 2.33 bits per heavy atom. The maximum atomic E-state index is 11.3. The normalized spacial score (nSPS) is 11.1. The highest BCUT2D eigenvalue weighted by molar-refractivity contribution is 5.69. The number of ether oxygens (including phenoxy) is 1. The molecule has 0 rings (SSSR count). The molecule has 0 amide bonds. The molecule has 0 spiro atoms. The van der Waals surface area contributed by atoms with Gasteiger partial charge in [-0.15, -0.1) is 0 Å². The maximum absolute atomic E-state index is 11.3. The Kier molecular flexibility index (Phi) is 8.38. The molecule has 3 heteroatoms. The number of likely N-dealkylation sites (N-methyl/N-ethyl adjacent to an activating group) is 1. The molecule has 0 bridgehead atoms. The van der Waals surface area contributed by atoms with Gasteiger partial charge in [-0.2, -0.15) is 0 Å². The summed E-state index contributed by atoms with van der Waals surface area (Å²) in [4.78, 5) is 13.5. The first-order valence-corrected chi connectivity index (χ1v) is 5.98. The Balaban J connectivity index is 3.46. The van der Waals surface area contributed by atoms with E-state index in [0.717, 1.165) is 26.1 Å². The summed E-state index contributed by atoms with van der Waals surface area (Å²) in [7, 11) is 0. The molecule has 0 aromatic rings. The number of carbonyl (C=O) groups is 1. The summed E-state index contributed by atoms with van der Waals surface area (Å²) in [5.74, 6) is 0.510. The average molecular weight is 215 g/mol. The summed E-state index contributed by atoms with van der Waals surface area (Å²) >= 11 is 0. The van der Waals surface area contributed by atoms with Crippen molar-refractivity contribution in [1.82, 2.24) is 4.90 Å². The van der Waals surface area contributed by atoms with Crippen LogP contribution in [0.4, 0.5) is 0 Å². The van der Waals surface area contributed by atoms with Crippen LogP contribution >= 0.6 is 0 Å². The summed E-state index contributed by atoms with van der Waals surface area (Å²) < 4.78 is 5.15. The lowest BCUT2D eigenvalue weighted by atomic mass is 10.1. The van der Waals surface area contributed by atoms with Gasteiger partial charge >= 0.3 is 5.97 Å². The van der Waals surface area contributed by atoms with E-state index in [9.17, 15) is 4.79 Å². The molecule has 0 aliphatic carbocycles. The van der Waals surface area contributed by atoms with E-state index in [1.54, 1.807) is 0 Å². The molecule has 0 saturated carbocycles. The molecule has 90 valence electrons. The zero-order valence-corrected chi connectivity index (χ0v) is 10.6. The third-order valence-corrected chi connectivity index (χ3v) is 2.49. The average Bonchev–Trinajstić information content (AvgIpc) is 2.21. The van der Waals surface area contributed by atoms with E-state index >= 15 is 0 Å². The van der Waals surface area contributed by atoms with Gasteiger partial charge in [-0.1, -0.05) is 27.7 Å². The number of esters is 1. The van der Waals surface area contributed by atoms with Crippen LogP contribution in [0.5, 0.6) is 0 Å². The summed E-state index contributed by atoms with van der Waals surface area (Å²) in [5, 5.41) is 0. The van der Waals surface area contributed by atoms with Gasteiger partial charge in [0.25, 0.3) is 0 Å². The van der Waals surface area contributed by atoms with Crippen molar-refractivity contribution >= 4 is 5.97 Å². The molecule has 0 aliphatic heterocycles. The van der Waals surface area contributed by atoms with Crippen LogP contribution in [0, 0.1) is 5.92 Å². The number of rotatable bonds is 8. The smallest absolute Gasteiger partial charge is 0.305 e. The third kappa shape index (κ3) is 8.43. The molecular weight excluding hydrogens is 190 g/mol. The van der Waals surface area contributed by atoms with Crippen LogP contribution in [0.25, 0.3) is 0 Å². The lowest BCUT2D eigenvalue weighted by molar-refractivity contribution is -0.144. The second-order valence-electron chi connectivity index (χ2n) is 4.18. The van der Waals surface area contributed by atoms with E-state index < -0.39 is 0 Å². The van der Waals surface area contributed by atoms with Crippen molar-refractivity contribution in [2.75, 3.05) is 26.2 Å². The monoisotopic (exact) mass is 215 g/mol. The summed E-state index contributed by atoms with van der Waals surface area (Å²) in [5.41, 5.74) is 0. The SMILES string of the molecule is CCN(CC)CCOC(=O)CCC(C)C. The van der Waals surface area contributed by atoms with E-state index in [1.807, 2.05) is 0 Å². The molecule has 0 fully saturated rings. The Labute approximate surface area is 93.8 Å². The molecule has 0 unspecified atom stereocenters. The summed E-state index contributed by atoms with van der Waals surface area (Å²) in [6.45, 7) is 11.9. The van der Waals surface area contributed by atoms with Crippen molar-refractivity contribution in [3.8, 4) is 0 Å². The van der Waals surface area contributed by atoms with Crippen LogP contribution in [-0.4, -0.2) is 37.1 Å². The predicted octanol–water partition coefficient (Wildman–Crippen LogP) is 2.31. The molecule has 0 N–H and O–H groups in total. The van der Waals surface area contributed by atoms with E-state index in [0.29, 0.717) is 18.9 Å². The fraction of sp³-hybridized carbons (Fsp3) is 0.917. The van der Waals surface area contributed by atoms with Gasteiger partial charge < -0.3 is 9.64 Å². The maximum Gasteiger partial charge on any atom is 0.305 e. The van der Waals surface area contributed by atoms with Crippen molar-refractivity contribution in [2.24, 2.45) is 5.92 Å². The molecule has 15 heavy (non-hydrogen) atoms. The van der Waals surface area contributed by atoms with Crippen LogP contribution in [0.1, 0.15) is 40.5 Å². The molecule has 0 atom stereocenters. The van der Waals surface area contributed by atoms with Gasteiger partial charge in [0.1, 0.15) is 6.61 Å². The molecule has 0 aliphatic rings. The van der Waals surface area contributed by atoms with Crippen LogP contribution in [0.3, 0.4) is 0 Å². The molecule has 3 nitrogen and oxygen atoms in total. The van der Waals surface area contributed by atoms with Crippen molar-refractivity contribution in [3.63, 3.8) is 0 Å². The first-order chi connectivity index (χ1) is 7.10. The largest absolute Gasteiger partial charge is 0.464 e. The highest BCUT2D eigenvalue weighted by atomic mass is 16.5. The number of hydrogen-bond acceptors (Lipinski definition) is 3. The van der Waals surface area contributed by atoms with Gasteiger partial charge in [0.2, 0.25) is 0 Å². The van der Waals surface area contributed by atoms with E-state index in [4.69, 9.17) is 4.74 Å². The predicted molar refractivity (Wildman–Crippen MR) is 62.8 cm³/mol. The van der Waals surface area contributed by atoms with Gasteiger partial charge in [0.15, 0.2) is 0 Å². The van der Waals surface area contributed by atoms with Crippen LogP contribution in [0.2, 0.25) is 0 Å². The lowest BCUT2D eigenvalue weighted by Gasteiger charge is -2.17. The van der Waals surface area contributed by atoms with E-state index in [1.165, 1.54) is 0 Å². The van der Waals surface area contributed by atoms with Crippen molar-refractivity contribution in [3.05, 3.63) is 0 Å². The van der Waals surface area contributed by atoms with Gasteiger partial charge in [0, 0.05) is 13.0 Å². The van der Waals surface area contributed by atoms with Crippen LogP contribution in [0.15, 0.2) is 0 Å². The minimum absolute atomic E-state index is 0.0594. The summed E-state index contributed by atoms with van der Waals surface area (Å²) in [6.07, 6.45) is 1.47. The topological polar surface area (TPSA) is 29.5 Å². The van der Waals surface area contributed by atoms with Gasteiger partial charge in [-0.3, -0.25) is 4.79 Å². The van der Waals surface area contributed by atoms with E-state index in [-0.39, 0.29) is 5.97 Å².